The molecule has 4 nitrogen and oxygen atoms in total. The summed E-state index contributed by atoms with van der Waals surface area (Å²) in [5.74, 6) is -1.94. The van der Waals surface area contributed by atoms with E-state index in [2.05, 4.69) is 9.62 Å². The molecule has 23 heavy (non-hydrogen) atoms. The molecule has 1 aliphatic rings. The predicted octanol–water partition coefficient (Wildman–Crippen LogP) is 3.37. The summed E-state index contributed by atoms with van der Waals surface area (Å²) >= 11 is 0. The van der Waals surface area contributed by atoms with Gasteiger partial charge in [-0.1, -0.05) is 0 Å². The Morgan fingerprint density at radius 1 is 0.957 bits per heavy atom. The van der Waals surface area contributed by atoms with Crippen LogP contribution in [-0.2, 0) is 10.0 Å². The monoisotopic (exact) mass is 338 g/mol. The van der Waals surface area contributed by atoms with E-state index in [1.54, 1.807) is 12.1 Å². The minimum absolute atomic E-state index is 0.330. The van der Waals surface area contributed by atoms with Gasteiger partial charge in [0.25, 0.3) is 10.0 Å². The van der Waals surface area contributed by atoms with Crippen molar-refractivity contribution in [1.29, 1.82) is 0 Å². The van der Waals surface area contributed by atoms with Gasteiger partial charge in [-0.2, -0.15) is 0 Å². The molecule has 0 saturated carbocycles. The first-order valence-corrected chi connectivity index (χ1v) is 8.77. The molecule has 3 rings (SSSR count). The molecule has 0 unspecified atom stereocenters. The number of nitrogens with one attached hydrogen (secondary N) is 1. The van der Waals surface area contributed by atoms with Gasteiger partial charge in [0.15, 0.2) is 0 Å². The zero-order valence-corrected chi connectivity index (χ0v) is 13.1. The molecule has 0 aromatic heterocycles. The molecule has 0 amide bonds. The zero-order valence-electron chi connectivity index (χ0n) is 12.3. The summed E-state index contributed by atoms with van der Waals surface area (Å²) in [5.41, 5.74) is 1.36. The van der Waals surface area contributed by atoms with Gasteiger partial charge < -0.3 is 4.90 Å². The van der Waals surface area contributed by atoms with Crippen molar-refractivity contribution < 1.29 is 17.2 Å². The fraction of sp³-hybridized carbons (Fsp3) is 0.250. The molecule has 122 valence electrons. The third kappa shape index (κ3) is 3.44. The smallest absolute Gasteiger partial charge is 0.264 e. The molecule has 0 bridgehead atoms. The Hall–Kier alpha value is -2.15. The quantitative estimate of drug-likeness (QED) is 0.930. The number of hydrogen-bond acceptors (Lipinski definition) is 3. The molecule has 0 spiro atoms. The average molecular weight is 338 g/mol. The van der Waals surface area contributed by atoms with Crippen molar-refractivity contribution in [2.75, 3.05) is 22.7 Å². The van der Waals surface area contributed by atoms with Crippen molar-refractivity contribution in [1.82, 2.24) is 0 Å². The Balaban J connectivity index is 1.80. The van der Waals surface area contributed by atoms with Gasteiger partial charge in [0.2, 0.25) is 0 Å². The summed E-state index contributed by atoms with van der Waals surface area (Å²) in [5, 5.41) is 0. The molecule has 2 aromatic rings. The van der Waals surface area contributed by atoms with Crippen LogP contribution in [0.3, 0.4) is 0 Å². The van der Waals surface area contributed by atoms with Crippen molar-refractivity contribution in [2.24, 2.45) is 0 Å². The van der Waals surface area contributed by atoms with Crippen molar-refractivity contribution in [3.05, 3.63) is 54.1 Å². The van der Waals surface area contributed by atoms with E-state index in [0.29, 0.717) is 11.8 Å². The molecule has 0 aliphatic carbocycles. The normalized spacial score (nSPS) is 15.0. The molecule has 0 radical (unpaired) electrons. The summed E-state index contributed by atoms with van der Waals surface area (Å²) in [7, 11) is -4.10. The number of anilines is 2. The van der Waals surface area contributed by atoms with E-state index >= 15 is 0 Å². The van der Waals surface area contributed by atoms with Crippen molar-refractivity contribution in [2.45, 2.75) is 17.7 Å². The summed E-state index contributed by atoms with van der Waals surface area (Å²) < 4.78 is 53.2. The Labute approximate surface area is 133 Å². The van der Waals surface area contributed by atoms with Gasteiger partial charge in [0, 0.05) is 30.5 Å². The molecule has 1 N–H and O–H groups in total. The van der Waals surface area contributed by atoms with Crippen LogP contribution < -0.4 is 9.62 Å². The zero-order chi connectivity index (χ0) is 16.4. The lowest BCUT2D eigenvalue weighted by atomic mass is 10.2. The van der Waals surface area contributed by atoms with Crippen LogP contribution in [0.2, 0.25) is 0 Å². The average Bonchev–Trinajstić information content (AvgIpc) is 3.01. The van der Waals surface area contributed by atoms with Crippen LogP contribution in [0, 0.1) is 11.6 Å². The van der Waals surface area contributed by atoms with Crippen LogP contribution in [0.15, 0.2) is 47.4 Å². The van der Waals surface area contributed by atoms with Gasteiger partial charge in [0.05, 0.1) is 0 Å². The Kier molecular flexibility index (Phi) is 4.21. The minimum Gasteiger partial charge on any atom is -0.372 e. The van der Waals surface area contributed by atoms with Gasteiger partial charge in [-0.25, -0.2) is 17.2 Å². The van der Waals surface area contributed by atoms with E-state index in [-0.39, 0.29) is 0 Å². The summed E-state index contributed by atoms with van der Waals surface area (Å²) in [6.45, 7) is 1.98. The van der Waals surface area contributed by atoms with Crippen LogP contribution in [0.25, 0.3) is 0 Å². The maximum absolute atomic E-state index is 13.7. The fourth-order valence-electron chi connectivity index (χ4n) is 2.62. The fourth-order valence-corrected chi connectivity index (χ4v) is 3.74. The van der Waals surface area contributed by atoms with Crippen molar-refractivity contribution in [3.63, 3.8) is 0 Å². The highest BCUT2D eigenvalue weighted by atomic mass is 32.2. The molecule has 1 fully saturated rings. The van der Waals surface area contributed by atoms with Crippen LogP contribution in [0.1, 0.15) is 12.8 Å². The lowest BCUT2D eigenvalue weighted by molar-refractivity contribution is 0.551. The minimum atomic E-state index is -4.10. The number of nitrogens with zero attached hydrogens (tertiary/aromatic N) is 1. The third-order valence-electron chi connectivity index (χ3n) is 3.77. The van der Waals surface area contributed by atoms with E-state index < -0.39 is 26.6 Å². The van der Waals surface area contributed by atoms with Crippen molar-refractivity contribution >= 4 is 21.4 Å². The topological polar surface area (TPSA) is 49.4 Å². The van der Waals surface area contributed by atoms with Gasteiger partial charge in [-0.15, -0.1) is 0 Å². The lowest BCUT2D eigenvalue weighted by Crippen LogP contribution is -2.18. The standard InChI is InChI=1S/C16H16F2N2O2S/c17-12-3-8-16(15(18)11-12)23(21,22)19-13-4-6-14(7-5-13)20-9-1-2-10-20/h3-8,11,19H,1-2,9-10H2. The van der Waals surface area contributed by atoms with E-state index in [9.17, 15) is 17.2 Å². The summed E-state index contributed by atoms with van der Waals surface area (Å²) in [6, 6.07) is 9.28. The number of benzene rings is 2. The second kappa shape index (κ2) is 6.16. The van der Waals surface area contributed by atoms with Crippen LogP contribution >= 0.6 is 0 Å². The number of halogens is 2. The molecule has 7 heteroatoms. The van der Waals surface area contributed by atoms with Crippen LogP contribution in [0.4, 0.5) is 20.2 Å². The predicted molar refractivity (Wildman–Crippen MR) is 85.1 cm³/mol. The largest absolute Gasteiger partial charge is 0.372 e. The van der Waals surface area contributed by atoms with Gasteiger partial charge in [-0.05, 0) is 49.2 Å². The highest BCUT2D eigenvalue weighted by molar-refractivity contribution is 7.92. The van der Waals surface area contributed by atoms with Gasteiger partial charge in [-0.3, -0.25) is 4.72 Å². The van der Waals surface area contributed by atoms with E-state index in [1.807, 2.05) is 12.1 Å². The Bertz CT molecular complexity index is 801. The SMILES string of the molecule is O=S(=O)(Nc1ccc(N2CCCC2)cc1)c1ccc(F)cc1F. The maximum atomic E-state index is 13.7. The number of hydrogen-bond donors (Lipinski definition) is 1. The van der Waals surface area contributed by atoms with E-state index in [0.717, 1.165) is 43.8 Å². The molecular weight excluding hydrogens is 322 g/mol. The molecule has 1 aliphatic heterocycles. The second-order valence-corrected chi connectivity index (χ2v) is 7.07. The number of sulfonamides is 1. The van der Waals surface area contributed by atoms with Gasteiger partial charge >= 0.3 is 0 Å². The molecule has 2 aromatic carbocycles. The molecule has 1 saturated heterocycles. The second-order valence-electron chi connectivity index (χ2n) is 5.42. The third-order valence-corrected chi connectivity index (χ3v) is 5.19. The first kappa shape index (κ1) is 15.7. The summed E-state index contributed by atoms with van der Waals surface area (Å²) in [6.07, 6.45) is 2.30. The van der Waals surface area contributed by atoms with E-state index in [1.165, 1.54) is 0 Å². The highest BCUT2D eigenvalue weighted by Gasteiger charge is 2.20. The van der Waals surface area contributed by atoms with Crippen LogP contribution in [0.5, 0.6) is 0 Å². The number of rotatable bonds is 4. The lowest BCUT2D eigenvalue weighted by Gasteiger charge is -2.18. The van der Waals surface area contributed by atoms with Crippen molar-refractivity contribution in [3.8, 4) is 0 Å². The Morgan fingerprint density at radius 2 is 1.61 bits per heavy atom. The highest BCUT2D eigenvalue weighted by Crippen LogP contribution is 2.24. The van der Waals surface area contributed by atoms with Gasteiger partial charge in [0.1, 0.15) is 16.5 Å². The molecule has 1 heterocycles. The summed E-state index contributed by atoms with van der Waals surface area (Å²) in [4.78, 5) is 1.64. The first-order valence-electron chi connectivity index (χ1n) is 7.29. The Morgan fingerprint density at radius 3 is 2.22 bits per heavy atom. The maximum Gasteiger partial charge on any atom is 0.264 e. The van der Waals surface area contributed by atoms with Crippen LogP contribution in [-0.4, -0.2) is 21.5 Å². The molecular formula is C16H16F2N2O2S. The van der Waals surface area contributed by atoms with E-state index in [4.69, 9.17) is 0 Å². The molecule has 0 atom stereocenters. The first-order chi connectivity index (χ1) is 11.0.